The van der Waals surface area contributed by atoms with Crippen LogP contribution in [0.1, 0.15) is 26.7 Å². The molecule has 1 N–H and O–H groups in total. The second-order valence-electron chi connectivity index (χ2n) is 5.25. The van der Waals surface area contributed by atoms with E-state index in [0.29, 0.717) is 12.8 Å². The SMILES string of the molecule is CC1(C)OC2C[C@@H]3C(=O)NC(=O)[C@@H]3CC2O1. The number of hydrogen-bond donors (Lipinski definition) is 1. The highest BCUT2D eigenvalue weighted by molar-refractivity contribution is 6.05. The second-order valence-corrected chi connectivity index (χ2v) is 5.25. The lowest BCUT2D eigenvalue weighted by Gasteiger charge is -2.29. The lowest BCUT2D eigenvalue weighted by atomic mass is 9.78. The zero-order valence-corrected chi connectivity index (χ0v) is 9.36. The zero-order valence-electron chi connectivity index (χ0n) is 9.36. The summed E-state index contributed by atoms with van der Waals surface area (Å²) in [5.41, 5.74) is 0. The van der Waals surface area contributed by atoms with E-state index in [0.717, 1.165) is 0 Å². The molecule has 2 aliphatic heterocycles. The summed E-state index contributed by atoms with van der Waals surface area (Å²) in [6.45, 7) is 3.73. The molecule has 4 atom stereocenters. The molecule has 0 aromatic rings. The Labute approximate surface area is 93.5 Å². The molecule has 0 aromatic heterocycles. The number of nitrogens with one attached hydrogen (secondary N) is 1. The van der Waals surface area contributed by atoms with Crippen molar-refractivity contribution >= 4 is 11.8 Å². The third kappa shape index (κ3) is 1.38. The highest BCUT2D eigenvalue weighted by Crippen LogP contribution is 2.43. The Bertz CT molecular complexity index is 333. The standard InChI is InChI=1S/C11H15NO4/c1-11(2)15-7-3-5-6(4-8(7)16-11)10(14)12-9(5)13/h5-8H,3-4H2,1-2H3,(H,12,13,14)/t5-,6+,7?,8?. The minimum Gasteiger partial charge on any atom is -0.345 e. The van der Waals surface area contributed by atoms with Gasteiger partial charge in [0.15, 0.2) is 5.79 Å². The first-order valence-electron chi connectivity index (χ1n) is 5.66. The number of carbonyl (C=O) groups excluding carboxylic acids is 2. The van der Waals surface area contributed by atoms with E-state index in [1.807, 2.05) is 13.8 Å². The maximum absolute atomic E-state index is 11.5. The lowest BCUT2D eigenvalue weighted by molar-refractivity contribution is -0.147. The Balaban J connectivity index is 1.83. The molecule has 3 fully saturated rings. The van der Waals surface area contributed by atoms with Crippen LogP contribution in [0.15, 0.2) is 0 Å². The number of rotatable bonds is 0. The maximum atomic E-state index is 11.5. The van der Waals surface area contributed by atoms with Crippen molar-refractivity contribution in [1.29, 1.82) is 0 Å². The average molecular weight is 225 g/mol. The van der Waals surface area contributed by atoms with Crippen LogP contribution in [0.3, 0.4) is 0 Å². The van der Waals surface area contributed by atoms with Crippen LogP contribution < -0.4 is 5.32 Å². The molecule has 0 radical (unpaired) electrons. The first kappa shape index (κ1) is 10.2. The topological polar surface area (TPSA) is 64.6 Å². The van der Waals surface area contributed by atoms with Crippen LogP contribution >= 0.6 is 0 Å². The van der Waals surface area contributed by atoms with Crippen LogP contribution in [0.25, 0.3) is 0 Å². The predicted octanol–water partition coefficient (Wildman–Crippen LogP) is 0.189. The Kier molecular flexibility index (Phi) is 1.95. The molecule has 0 bridgehead atoms. The largest absolute Gasteiger partial charge is 0.345 e. The Morgan fingerprint density at radius 3 is 1.94 bits per heavy atom. The van der Waals surface area contributed by atoms with Gasteiger partial charge in [0, 0.05) is 0 Å². The summed E-state index contributed by atoms with van der Waals surface area (Å²) in [6, 6.07) is 0. The van der Waals surface area contributed by atoms with E-state index in [9.17, 15) is 9.59 Å². The predicted molar refractivity (Wildman–Crippen MR) is 53.2 cm³/mol. The molecule has 3 aliphatic rings. The molecule has 1 saturated carbocycles. The van der Waals surface area contributed by atoms with Crippen molar-refractivity contribution in [1.82, 2.24) is 5.32 Å². The fourth-order valence-corrected chi connectivity index (χ4v) is 3.02. The molecular formula is C11H15NO4. The van der Waals surface area contributed by atoms with Crippen LogP contribution in [0.4, 0.5) is 0 Å². The van der Waals surface area contributed by atoms with Crippen LogP contribution in [-0.2, 0) is 19.1 Å². The molecule has 2 saturated heterocycles. The number of imide groups is 1. The number of carbonyl (C=O) groups is 2. The molecule has 2 unspecified atom stereocenters. The van der Waals surface area contributed by atoms with Gasteiger partial charge in [-0.25, -0.2) is 0 Å². The molecule has 88 valence electrons. The van der Waals surface area contributed by atoms with E-state index in [-0.39, 0.29) is 35.9 Å². The van der Waals surface area contributed by atoms with Gasteiger partial charge in [0.05, 0.1) is 24.0 Å². The average Bonchev–Trinajstić information content (AvgIpc) is 2.60. The van der Waals surface area contributed by atoms with Gasteiger partial charge in [-0.3, -0.25) is 14.9 Å². The minimum absolute atomic E-state index is 0.0482. The maximum Gasteiger partial charge on any atom is 0.230 e. The van der Waals surface area contributed by atoms with Crippen molar-refractivity contribution in [3.63, 3.8) is 0 Å². The van der Waals surface area contributed by atoms with Gasteiger partial charge in [0.2, 0.25) is 11.8 Å². The monoisotopic (exact) mass is 225 g/mol. The first-order chi connectivity index (χ1) is 7.46. The molecular weight excluding hydrogens is 210 g/mol. The summed E-state index contributed by atoms with van der Waals surface area (Å²) in [7, 11) is 0. The van der Waals surface area contributed by atoms with Gasteiger partial charge in [-0.05, 0) is 26.7 Å². The molecule has 0 spiro atoms. The Morgan fingerprint density at radius 2 is 1.50 bits per heavy atom. The van der Waals surface area contributed by atoms with Gasteiger partial charge in [-0.2, -0.15) is 0 Å². The Hall–Kier alpha value is -0.940. The van der Waals surface area contributed by atoms with Crippen molar-refractivity contribution in [2.24, 2.45) is 11.8 Å². The summed E-state index contributed by atoms with van der Waals surface area (Å²) in [4.78, 5) is 23.1. The summed E-state index contributed by atoms with van der Waals surface area (Å²) in [6.07, 6.45) is 1.09. The molecule has 0 aromatic carbocycles. The van der Waals surface area contributed by atoms with Crippen molar-refractivity contribution < 1.29 is 19.1 Å². The van der Waals surface area contributed by atoms with Gasteiger partial charge in [0.1, 0.15) is 0 Å². The van der Waals surface area contributed by atoms with Crippen molar-refractivity contribution in [2.45, 2.75) is 44.7 Å². The number of ether oxygens (including phenoxy) is 2. The van der Waals surface area contributed by atoms with Crippen molar-refractivity contribution in [3.05, 3.63) is 0 Å². The molecule has 5 nitrogen and oxygen atoms in total. The molecule has 5 heteroatoms. The van der Waals surface area contributed by atoms with Crippen molar-refractivity contribution in [3.8, 4) is 0 Å². The number of hydrogen-bond acceptors (Lipinski definition) is 4. The highest BCUT2D eigenvalue weighted by Gasteiger charge is 2.54. The number of amides is 2. The van der Waals surface area contributed by atoms with Gasteiger partial charge >= 0.3 is 0 Å². The van der Waals surface area contributed by atoms with Crippen LogP contribution in [-0.4, -0.2) is 29.8 Å². The quantitative estimate of drug-likeness (QED) is 0.598. The van der Waals surface area contributed by atoms with E-state index < -0.39 is 5.79 Å². The van der Waals surface area contributed by atoms with E-state index in [2.05, 4.69) is 5.32 Å². The molecule has 1 aliphatic carbocycles. The lowest BCUT2D eigenvalue weighted by Crippen LogP contribution is -2.38. The molecule has 3 rings (SSSR count). The van der Waals surface area contributed by atoms with Gasteiger partial charge in [-0.15, -0.1) is 0 Å². The van der Waals surface area contributed by atoms with E-state index in [4.69, 9.17) is 9.47 Å². The number of fused-ring (bicyclic) bond motifs is 2. The third-order valence-electron chi connectivity index (χ3n) is 3.66. The Morgan fingerprint density at radius 1 is 1.06 bits per heavy atom. The van der Waals surface area contributed by atoms with Crippen molar-refractivity contribution in [2.75, 3.05) is 0 Å². The van der Waals surface area contributed by atoms with E-state index in [1.165, 1.54) is 0 Å². The van der Waals surface area contributed by atoms with Gasteiger partial charge in [-0.1, -0.05) is 0 Å². The molecule has 16 heavy (non-hydrogen) atoms. The second kappa shape index (κ2) is 3.05. The van der Waals surface area contributed by atoms with E-state index >= 15 is 0 Å². The summed E-state index contributed by atoms with van der Waals surface area (Å²) >= 11 is 0. The summed E-state index contributed by atoms with van der Waals surface area (Å²) in [5.74, 6) is -1.32. The third-order valence-corrected chi connectivity index (χ3v) is 3.66. The normalized spacial score (nSPS) is 45.1. The fourth-order valence-electron chi connectivity index (χ4n) is 3.02. The zero-order chi connectivity index (χ0) is 11.5. The van der Waals surface area contributed by atoms with Crippen LogP contribution in [0.5, 0.6) is 0 Å². The van der Waals surface area contributed by atoms with Gasteiger partial charge < -0.3 is 9.47 Å². The van der Waals surface area contributed by atoms with Crippen LogP contribution in [0.2, 0.25) is 0 Å². The first-order valence-corrected chi connectivity index (χ1v) is 5.66. The highest BCUT2D eigenvalue weighted by atomic mass is 16.7. The summed E-state index contributed by atoms with van der Waals surface area (Å²) < 4.78 is 11.5. The smallest absolute Gasteiger partial charge is 0.230 e. The van der Waals surface area contributed by atoms with Crippen LogP contribution in [0, 0.1) is 11.8 Å². The van der Waals surface area contributed by atoms with Gasteiger partial charge in [0.25, 0.3) is 0 Å². The fraction of sp³-hybridized carbons (Fsp3) is 0.818. The summed E-state index contributed by atoms with van der Waals surface area (Å²) in [5, 5.41) is 2.38. The molecule has 2 heterocycles. The van der Waals surface area contributed by atoms with E-state index in [1.54, 1.807) is 0 Å². The minimum atomic E-state index is -0.590. The molecule has 2 amide bonds.